The molecule has 1 atom stereocenters. The second kappa shape index (κ2) is 8.12. The molecule has 6 nitrogen and oxygen atoms in total. The molecule has 2 rings (SSSR count). The van der Waals surface area contributed by atoms with Gasteiger partial charge in [0.1, 0.15) is 6.04 Å². The number of aryl methyl sites for hydroxylation is 1. The van der Waals surface area contributed by atoms with Crippen molar-refractivity contribution in [2.75, 3.05) is 20.4 Å². The van der Waals surface area contributed by atoms with E-state index in [4.69, 9.17) is 4.52 Å². The minimum atomic E-state index is -0.357. The average Bonchev–Trinajstić information content (AvgIpc) is 2.95. The maximum absolute atomic E-state index is 12.6. The Morgan fingerprint density at radius 3 is 2.78 bits per heavy atom. The third-order valence-electron chi connectivity index (χ3n) is 3.45. The highest BCUT2D eigenvalue weighted by atomic mass is 32.2. The summed E-state index contributed by atoms with van der Waals surface area (Å²) < 4.78 is 5.13. The predicted octanol–water partition coefficient (Wildman–Crippen LogP) is 2.16. The van der Waals surface area contributed by atoms with Gasteiger partial charge in [0.25, 0.3) is 0 Å². The van der Waals surface area contributed by atoms with Crippen molar-refractivity contribution >= 4 is 17.7 Å². The fourth-order valence-corrected chi connectivity index (χ4v) is 2.73. The van der Waals surface area contributed by atoms with Crippen LogP contribution in [0.15, 0.2) is 28.8 Å². The number of nitrogens with zero attached hydrogens (tertiary/aromatic N) is 3. The molecule has 0 saturated heterocycles. The maximum Gasteiger partial charge on any atom is 0.246 e. The van der Waals surface area contributed by atoms with Gasteiger partial charge >= 0.3 is 0 Å². The standard InChI is InChI=1S/C16H22N4O2S/c1-11-7-5-6-8-12(11)15(20(2)3)16(21)17-9-14-18-13(10-23-4)19-22-14/h5-8,15H,9-10H2,1-4H3,(H,17,21). The van der Waals surface area contributed by atoms with Gasteiger partial charge in [-0.3, -0.25) is 9.69 Å². The second-order valence-electron chi connectivity index (χ2n) is 5.48. The van der Waals surface area contributed by atoms with Crippen molar-refractivity contribution in [2.24, 2.45) is 0 Å². The van der Waals surface area contributed by atoms with Crippen molar-refractivity contribution in [1.29, 1.82) is 0 Å². The molecule has 1 N–H and O–H groups in total. The van der Waals surface area contributed by atoms with Gasteiger partial charge in [0.05, 0.1) is 12.3 Å². The van der Waals surface area contributed by atoms with Crippen LogP contribution < -0.4 is 5.32 Å². The van der Waals surface area contributed by atoms with Gasteiger partial charge in [-0.1, -0.05) is 29.4 Å². The minimum Gasteiger partial charge on any atom is -0.345 e. The Morgan fingerprint density at radius 1 is 1.39 bits per heavy atom. The lowest BCUT2D eigenvalue weighted by atomic mass is 10.00. The normalized spacial score (nSPS) is 12.4. The first-order valence-electron chi connectivity index (χ1n) is 7.33. The van der Waals surface area contributed by atoms with Crippen LogP contribution in [0.25, 0.3) is 0 Å². The van der Waals surface area contributed by atoms with Crippen LogP contribution >= 0.6 is 11.8 Å². The number of hydrogen-bond acceptors (Lipinski definition) is 6. The van der Waals surface area contributed by atoms with Crippen LogP contribution in [0.1, 0.15) is 28.9 Å². The first-order valence-corrected chi connectivity index (χ1v) is 8.72. The molecule has 0 bridgehead atoms. The summed E-state index contributed by atoms with van der Waals surface area (Å²) >= 11 is 1.62. The zero-order valence-corrected chi connectivity index (χ0v) is 14.7. The Bertz CT molecular complexity index is 657. The number of rotatable bonds is 7. The topological polar surface area (TPSA) is 71.3 Å². The highest BCUT2D eigenvalue weighted by Gasteiger charge is 2.24. The summed E-state index contributed by atoms with van der Waals surface area (Å²) in [7, 11) is 3.78. The van der Waals surface area contributed by atoms with Gasteiger partial charge in [0, 0.05) is 0 Å². The number of carbonyl (C=O) groups excluding carboxylic acids is 1. The third kappa shape index (κ3) is 4.56. The van der Waals surface area contributed by atoms with E-state index in [1.165, 1.54) is 0 Å². The molecule has 0 aliphatic carbocycles. The zero-order valence-electron chi connectivity index (χ0n) is 13.9. The van der Waals surface area contributed by atoms with E-state index in [2.05, 4.69) is 15.5 Å². The van der Waals surface area contributed by atoms with Crippen LogP contribution in [-0.4, -0.2) is 41.3 Å². The molecule has 1 heterocycles. The molecule has 23 heavy (non-hydrogen) atoms. The lowest BCUT2D eigenvalue weighted by Gasteiger charge is -2.25. The van der Waals surface area contributed by atoms with Gasteiger partial charge in [-0.2, -0.15) is 16.7 Å². The number of thioether (sulfide) groups is 1. The molecule has 0 radical (unpaired) electrons. The summed E-state index contributed by atoms with van der Waals surface area (Å²) in [5.41, 5.74) is 2.07. The first kappa shape index (κ1) is 17.5. The smallest absolute Gasteiger partial charge is 0.246 e. The van der Waals surface area contributed by atoms with E-state index >= 15 is 0 Å². The van der Waals surface area contributed by atoms with Crippen LogP contribution in [0, 0.1) is 6.92 Å². The molecule has 7 heteroatoms. The molecule has 0 saturated carbocycles. The molecular weight excluding hydrogens is 312 g/mol. The number of likely N-dealkylation sites (N-methyl/N-ethyl adjacent to an activating group) is 1. The Balaban J connectivity index is 2.05. The second-order valence-corrected chi connectivity index (χ2v) is 6.34. The van der Waals surface area contributed by atoms with Crippen molar-refractivity contribution in [1.82, 2.24) is 20.4 Å². The molecule has 1 unspecified atom stereocenters. The van der Waals surface area contributed by atoms with Gasteiger partial charge in [-0.05, 0) is 38.4 Å². The molecule has 1 aromatic heterocycles. The summed E-state index contributed by atoms with van der Waals surface area (Å²) in [6.45, 7) is 2.24. The molecule has 0 spiro atoms. The summed E-state index contributed by atoms with van der Waals surface area (Å²) in [6, 6.07) is 7.53. The fraction of sp³-hybridized carbons (Fsp3) is 0.438. The number of aromatic nitrogens is 2. The van der Waals surface area contributed by atoms with E-state index in [-0.39, 0.29) is 18.5 Å². The number of carbonyl (C=O) groups is 1. The van der Waals surface area contributed by atoms with Gasteiger partial charge in [0.15, 0.2) is 5.82 Å². The van der Waals surface area contributed by atoms with Crippen LogP contribution in [0.2, 0.25) is 0 Å². The van der Waals surface area contributed by atoms with Crippen LogP contribution in [0.3, 0.4) is 0 Å². The van der Waals surface area contributed by atoms with Crippen LogP contribution in [-0.2, 0) is 17.1 Å². The molecule has 0 aliphatic rings. The Morgan fingerprint density at radius 2 is 2.13 bits per heavy atom. The average molecular weight is 334 g/mol. The van der Waals surface area contributed by atoms with Crippen molar-refractivity contribution < 1.29 is 9.32 Å². The summed E-state index contributed by atoms with van der Waals surface area (Å²) in [4.78, 5) is 18.7. The number of amides is 1. The predicted molar refractivity (Wildman–Crippen MR) is 91.0 cm³/mol. The molecule has 0 aliphatic heterocycles. The Labute approximate surface area is 140 Å². The molecule has 2 aromatic rings. The molecule has 1 aromatic carbocycles. The highest BCUT2D eigenvalue weighted by molar-refractivity contribution is 7.97. The van der Waals surface area contributed by atoms with E-state index in [1.54, 1.807) is 11.8 Å². The number of benzene rings is 1. The van der Waals surface area contributed by atoms with Crippen molar-refractivity contribution in [3.05, 3.63) is 47.1 Å². The SMILES string of the molecule is CSCc1noc(CNC(=O)C(c2ccccc2C)N(C)C)n1. The summed E-state index contributed by atoms with van der Waals surface area (Å²) in [5.74, 6) is 1.67. The van der Waals surface area contributed by atoms with E-state index in [0.29, 0.717) is 17.5 Å². The molecule has 0 fully saturated rings. The highest BCUT2D eigenvalue weighted by Crippen LogP contribution is 2.22. The zero-order chi connectivity index (χ0) is 16.8. The van der Waals surface area contributed by atoms with Crippen LogP contribution in [0.5, 0.6) is 0 Å². The van der Waals surface area contributed by atoms with Gasteiger partial charge in [-0.15, -0.1) is 0 Å². The lowest BCUT2D eigenvalue weighted by Crippen LogP contribution is -2.37. The van der Waals surface area contributed by atoms with E-state index in [9.17, 15) is 4.79 Å². The van der Waals surface area contributed by atoms with E-state index < -0.39 is 0 Å². The minimum absolute atomic E-state index is 0.0890. The maximum atomic E-state index is 12.6. The Hall–Kier alpha value is -1.86. The molecule has 124 valence electrons. The lowest BCUT2D eigenvalue weighted by molar-refractivity contribution is -0.126. The van der Waals surface area contributed by atoms with Crippen molar-refractivity contribution in [3.63, 3.8) is 0 Å². The fourth-order valence-electron chi connectivity index (χ4n) is 2.36. The molecular formula is C16H22N4O2S. The van der Waals surface area contributed by atoms with E-state index in [1.807, 2.05) is 56.4 Å². The van der Waals surface area contributed by atoms with Crippen LogP contribution in [0.4, 0.5) is 0 Å². The quantitative estimate of drug-likeness (QED) is 0.837. The third-order valence-corrected chi connectivity index (χ3v) is 3.99. The number of hydrogen-bond donors (Lipinski definition) is 1. The monoisotopic (exact) mass is 334 g/mol. The first-order chi connectivity index (χ1) is 11.0. The van der Waals surface area contributed by atoms with E-state index in [0.717, 1.165) is 11.1 Å². The molecule has 1 amide bonds. The van der Waals surface area contributed by atoms with Gasteiger partial charge in [0.2, 0.25) is 11.8 Å². The summed E-state index contributed by atoms with van der Waals surface area (Å²) in [5, 5.41) is 6.75. The van der Waals surface area contributed by atoms with Gasteiger partial charge < -0.3 is 9.84 Å². The van der Waals surface area contributed by atoms with Gasteiger partial charge in [-0.25, -0.2) is 0 Å². The summed E-state index contributed by atoms with van der Waals surface area (Å²) in [6.07, 6.45) is 1.97. The largest absolute Gasteiger partial charge is 0.345 e. The Kier molecular flexibility index (Phi) is 6.18. The number of nitrogens with one attached hydrogen (secondary N) is 1. The van der Waals surface area contributed by atoms with Crippen molar-refractivity contribution in [3.8, 4) is 0 Å². The van der Waals surface area contributed by atoms with Crippen molar-refractivity contribution in [2.45, 2.75) is 25.3 Å².